The summed E-state index contributed by atoms with van der Waals surface area (Å²) in [4.78, 5) is 0. The van der Waals surface area contributed by atoms with Gasteiger partial charge in [0.05, 0.1) is 12.3 Å². The molecule has 0 aromatic heterocycles. The lowest BCUT2D eigenvalue weighted by Crippen LogP contribution is -2.59. The van der Waals surface area contributed by atoms with Crippen molar-refractivity contribution in [3.05, 3.63) is 23.3 Å². The Hall–Kier alpha value is -1.26. The lowest BCUT2D eigenvalue weighted by molar-refractivity contribution is 0.0796. The zero-order valence-corrected chi connectivity index (χ0v) is 14.7. The van der Waals surface area contributed by atoms with Crippen molar-refractivity contribution in [1.82, 2.24) is 5.32 Å². The fourth-order valence-electron chi connectivity index (χ4n) is 5.52. The first-order valence-electron chi connectivity index (χ1n) is 9.66. The maximum absolute atomic E-state index is 10.6. The number of aromatic hydroxyl groups is 1. The van der Waals surface area contributed by atoms with E-state index in [4.69, 9.17) is 4.74 Å². The lowest BCUT2D eigenvalue weighted by Gasteiger charge is -2.56. The molecule has 1 saturated heterocycles. The fraction of sp³-hybridized carbons (Fsp3) is 0.700. The number of hydrogen-bond acceptors (Lipinski definition) is 4. The maximum Gasteiger partial charge on any atom is 0.138 e. The van der Waals surface area contributed by atoms with Crippen LogP contribution in [0.5, 0.6) is 5.75 Å². The third kappa shape index (κ3) is 2.60. The molecule has 1 heterocycles. The first-order valence-corrected chi connectivity index (χ1v) is 9.66. The number of fused-ring (bicyclic) bond motifs is 1. The highest BCUT2D eigenvalue weighted by Gasteiger charge is 2.51. The van der Waals surface area contributed by atoms with Gasteiger partial charge in [-0.1, -0.05) is 12.8 Å². The number of benzene rings is 1. The Balaban J connectivity index is 1.64. The predicted octanol–water partition coefficient (Wildman–Crippen LogP) is 3.19. The minimum atomic E-state index is 0.309. The summed E-state index contributed by atoms with van der Waals surface area (Å²) in [6.07, 6.45) is 7.65. The van der Waals surface area contributed by atoms with E-state index in [2.05, 4.69) is 22.8 Å². The highest BCUT2D eigenvalue weighted by Crippen LogP contribution is 2.55. The zero-order valence-electron chi connectivity index (χ0n) is 14.7. The highest BCUT2D eigenvalue weighted by molar-refractivity contribution is 5.62. The van der Waals surface area contributed by atoms with Gasteiger partial charge in [0, 0.05) is 24.6 Å². The van der Waals surface area contributed by atoms with Crippen LogP contribution < -0.4 is 10.6 Å². The summed E-state index contributed by atoms with van der Waals surface area (Å²) in [7, 11) is 0. The van der Waals surface area contributed by atoms with Crippen molar-refractivity contribution in [2.24, 2.45) is 5.92 Å². The van der Waals surface area contributed by atoms with Crippen LogP contribution in [0.15, 0.2) is 12.1 Å². The van der Waals surface area contributed by atoms with E-state index in [9.17, 15) is 5.11 Å². The van der Waals surface area contributed by atoms with Crippen LogP contribution in [-0.2, 0) is 16.6 Å². The molecule has 2 aliphatic carbocycles. The summed E-state index contributed by atoms with van der Waals surface area (Å²) in [5.41, 5.74) is 4.04. The van der Waals surface area contributed by atoms with Gasteiger partial charge in [0.2, 0.25) is 0 Å². The molecule has 1 saturated carbocycles. The number of nitrogens with one attached hydrogen (secondary N) is 2. The number of piperidine rings is 1. The van der Waals surface area contributed by atoms with Crippen molar-refractivity contribution in [2.45, 2.75) is 56.9 Å². The number of ether oxygens (including phenoxy) is 1. The van der Waals surface area contributed by atoms with E-state index in [0.717, 1.165) is 37.7 Å². The first kappa shape index (κ1) is 16.2. The van der Waals surface area contributed by atoms with Gasteiger partial charge < -0.3 is 20.5 Å². The predicted molar refractivity (Wildman–Crippen MR) is 96.8 cm³/mol. The Morgan fingerprint density at radius 1 is 1.33 bits per heavy atom. The van der Waals surface area contributed by atoms with E-state index < -0.39 is 0 Å². The summed E-state index contributed by atoms with van der Waals surface area (Å²) in [6.45, 7) is 5.26. The third-order valence-electron chi connectivity index (χ3n) is 6.52. The molecule has 2 fully saturated rings. The molecule has 4 heteroatoms. The van der Waals surface area contributed by atoms with Gasteiger partial charge in [-0.3, -0.25) is 0 Å². The van der Waals surface area contributed by atoms with Gasteiger partial charge in [-0.15, -0.1) is 0 Å². The molecule has 3 aliphatic rings. The van der Waals surface area contributed by atoms with Gasteiger partial charge in [-0.25, -0.2) is 0 Å². The van der Waals surface area contributed by atoms with Crippen molar-refractivity contribution in [2.75, 3.05) is 31.6 Å². The van der Waals surface area contributed by atoms with Crippen LogP contribution in [0.2, 0.25) is 0 Å². The molecule has 4 nitrogen and oxygen atoms in total. The molecule has 0 spiro atoms. The number of rotatable bonds is 5. The summed E-state index contributed by atoms with van der Waals surface area (Å²) >= 11 is 0. The molecular formula is C20H30N2O2. The number of phenols is 1. The van der Waals surface area contributed by atoms with Gasteiger partial charge >= 0.3 is 0 Å². The molecule has 0 radical (unpaired) electrons. The third-order valence-corrected chi connectivity index (χ3v) is 6.52. The molecule has 1 aromatic rings. The van der Waals surface area contributed by atoms with Gasteiger partial charge in [0.15, 0.2) is 0 Å². The lowest BCUT2D eigenvalue weighted by atomic mass is 9.53. The van der Waals surface area contributed by atoms with E-state index in [1.54, 1.807) is 0 Å². The van der Waals surface area contributed by atoms with Crippen molar-refractivity contribution in [3.8, 4) is 5.75 Å². The minimum absolute atomic E-state index is 0.309. The normalized spacial score (nSPS) is 31.2. The SMILES string of the molecule is CCOCCNc1cc2c(cc1O)[C@]13CCCC[C@@H]1[C@H](C2)NCC3. The molecule has 0 amide bonds. The highest BCUT2D eigenvalue weighted by atomic mass is 16.5. The summed E-state index contributed by atoms with van der Waals surface area (Å²) in [5, 5.41) is 17.7. The Morgan fingerprint density at radius 2 is 2.25 bits per heavy atom. The molecule has 1 aromatic carbocycles. The van der Waals surface area contributed by atoms with Crippen molar-refractivity contribution in [1.29, 1.82) is 0 Å². The van der Waals surface area contributed by atoms with E-state index in [0.29, 0.717) is 23.8 Å². The van der Waals surface area contributed by atoms with Gasteiger partial charge in [-0.05, 0) is 68.3 Å². The van der Waals surface area contributed by atoms with Gasteiger partial charge in [0.25, 0.3) is 0 Å². The first-order chi connectivity index (χ1) is 11.7. The quantitative estimate of drug-likeness (QED) is 0.573. The molecule has 1 aliphatic heterocycles. The minimum Gasteiger partial charge on any atom is -0.506 e. The Bertz CT molecular complexity index is 600. The molecule has 0 unspecified atom stereocenters. The Labute approximate surface area is 145 Å². The maximum atomic E-state index is 10.6. The second kappa shape index (κ2) is 6.57. The number of phenolic OH excluding ortho intramolecular Hbond substituents is 1. The van der Waals surface area contributed by atoms with E-state index >= 15 is 0 Å². The summed E-state index contributed by atoms with van der Waals surface area (Å²) in [5.74, 6) is 1.16. The Morgan fingerprint density at radius 3 is 3.12 bits per heavy atom. The zero-order chi connectivity index (χ0) is 16.6. The molecule has 132 valence electrons. The molecule has 3 N–H and O–H groups in total. The molecule has 2 bridgehead atoms. The average molecular weight is 330 g/mol. The van der Waals surface area contributed by atoms with Crippen LogP contribution in [0.1, 0.15) is 50.2 Å². The van der Waals surface area contributed by atoms with Crippen LogP contribution in [0.3, 0.4) is 0 Å². The van der Waals surface area contributed by atoms with Gasteiger partial charge in [0.1, 0.15) is 5.75 Å². The largest absolute Gasteiger partial charge is 0.506 e. The summed E-state index contributed by atoms with van der Waals surface area (Å²) in [6, 6.07) is 4.90. The molecule has 3 atom stereocenters. The standard InChI is InChI=1S/C20H30N2O2/c1-2-24-10-9-22-18-12-14-11-17-15-5-3-4-6-20(15,7-8-21-17)16(14)13-19(18)23/h12-13,15,17,21-23H,2-11H2,1H3/t15-,17+,20+/m1/s1. The van der Waals surface area contributed by atoms with Crippen molar-refractivity contribution < 1.29 is 9.84 Å². The van der Waals surface area contributed by atoms with Crippen LogP contribution in [-0.4, -0.2) is 37.5 Å². The second-order valence-electron chi connectivity index (χ2n) is 7.67. The summed E-state index contributed by atoms with van der Waals surface area (Å²) < 4.78 is 5.38. The van der Waals surface area contributed by atoms with Crippen LogP contribution in [0.4, 0.5) is 5.69 Å². The topological polar surface area (TPSA) is 53.5 Å². The van der Waals surface area contributed by atoms with E-state index in [-0.39, 0.29) is 0 Å². The van der Waals surface area contributed by atoms with Crippen molar-refractivity contribution in [3.63, 3.8) is 0 Å². The fourth-order valence-corrected chi connectivity index (χ4v) is 5.52. The number of hydrogen-bond donors (Lipinski definition) is 3. The van der Waals surface area contributed by atoms with Crippen molar-refractivity contribution >= 4 is 5.69 Å². The van der Waals surface area contributed by atoms with E-state index in [1.807, 2.05) is 6.92 Å². The van der Waals surface area contributed by atoms with Crippen LogP contribution >= 0.6 is 0 Å². The second-order valence-corrected chi connectivity index (χ2v) is 7.67. The van der Waals surface area contributed by atoms with E-state index in [1.165, 1.54) is 43.2 Å². The molecular weight excluding hydrogens is 300 g/mol. The molecule has 24 heavy (non-hydrogen) atoms. The van der Waals surface area contributed by atoms with Crippen LogP contribution in [0.25, 0.3) is 0 Å². The smallest absolute Gasteiger partial charge is 0.138 e. The van der Waals surface area contributed by atoms with Gasteiger partial charge in [-0.2, -0.15) is 0 Å². The average Bonchev–Trinajstić information content (AvgIpc) is 2.60. The number of anilines is 1. The molecule has 4 rings (SSSR count). The van der Waals surface area contributed by atoms with Crippen LogP contribution in [0, 0.1) is 5.92 Å². The monoisotopic (exact) mass is 330 g/mol. The Kier molecular flexibility index (Phi) is 4.44.